The first-order chi connectivity index (χ1) is 14.8. The van der Waals surface area contributed by atoms with Crippen molar-refractivity contribution in [3.63, 3.8) is 0 Å². The number of nitrogens with one attached hydrogen (secondary N) is 1. The van der Waals surface area contributed by atoms with Crippen LogP contribution in [0.1, 0.15) is 24.2 Å². The highest BCUT2D eigenvalue weighted by Crippen LogP contribution is 2.32. The van der Waals surface area contributed by atoms with Crippen LogP contribution in [-0.4, -0.2) is 41.7 Å². The highest BCUT2D eigenvalue weighted by atomic mass is 32.2. The van der Waals surface area contributed by atoms with Crippen molar-refractivity contribution < 1.29 is 13.2 Å². The standard InChI is InChI=1S/C21H20N4O3S3/c1-13(2)25(3)31(27,28)15-10-8-14(9-11-15)19(26)24-21-23-17(12-29-21)20-22-16-6-4-5-7-18(16)30-20/h4-13H,1-3H3,(H,23,24,26). The van der Waals surface area contributed by atoms with Gasteiger partial charge in [0.25, 0.3) is 5.91 Å². The molecule has 1 amide bonds. The lowest BCUT2D eigenvalue weighted by Crippen LogP contribution is -2.33. The van der Waals surface area contributed by atoms with Crippen LogP contribution in [0.25, 0.3) is 20.9 Å². The summed E-state index contributed by atoms with van der Waals surface area (Å²) < 4.78 is 27.5. The van der Waals surface area contributed by atoms with E-state index >= 15 is 0 Å². The highest BCUT2D eigenvalue weighted by Gasteiger charge is 2.23. The second-order valence-corrected chi connectivity index (χ2v) is 11.0. The summed E-state index contributed by atoms with van der Waals surface area (Å²) in [6, 6.07) is 13.6. The summed E-state index contributed by atoms with van der Waals surface area (Å²) >= 11 is 2.86. The lowest BCUT2D eigenvalue weighted by molar-refractivity contribution is 0.102. The average molecular weight is 473 g/mol. The van der Waals surface area contributed by atoms with Crippen molar-refractivity contribution in [2.45, 2.75) is 24.8 Å². The topological polar surface area (TPSA) is 92.3 Å². The number of thiazole rings is 2. The number of hydrogen-bond acceptors (Lipinski definition) is 7. The molecule has 10 heteroatoms. The van der Waals surface area contributed by atoms with Gasteiger partial charge in [0, 0.05) is 24.0 Å². The van der Waals surface area contributed by atoms with E-state index < -0.39 is 10.0 Å². The first-order valence-electron chi connectivity index (χ1n) is 9.46. The Morgan fingerprint density at radius 1 is 1.06 bits per heavy atom. The van der Waals surface area contributed by atoms with Crippen LogP contribution in [0.15, 0.2) is 58.8 Å². The van der Waals surface area contributed by atoms with E-state index in [1.54, 1.807) is 25.2 Å². The number of fused-ring (bicyclic) bond motifs is 1. The summed E-state index contributed by atoms with van der Waals surface area (Å²) in [6.07, 6.45) is 0. The maximum absolute atomic E-state index is 12.6. The van der Waals surface area contributed by atoms with Gasteiger partial charge in [-0.2, -0.15) is 4.31 Å². The Morgan fingerprint density at radius 2 is 1.77 bits per heavy atom. The maximum Gasteiger partial charge on any atom is 0.257 e. The zero-order chi connectivity index (χ0) is 22.2. The molecular weight excluding hydrogens is 452 g/mol. The molecule has 2 aromatic heterocycles. The van der Waals surface area contributed by atoms with Crippen LogP contribution in [-0.2, 0) is 10.0 Å². The number of benzene rings is 2. The van der Waals surface area contributed by atoms with Crippen LogP contribution < -0.4 is 5.32 Å². The number of amides is 1. The first kappa shape index (κ1) is 21.6. The van der Waals surface area contributed by atoms with Gasteiger partial charge in [-0.15, -0.1) is 22.7 Å². The summed E-state index contributed by atoms with van der Waals surface area (Å²) in [5.74, 6) is -0.355. The van der Waals surface area contributed by atoms with Crippen molar-refractivity contribution in [3.05, 3.63) is 59.5 Å². The average Bonchev–Trinajstić information content (AvgIpc) is 3.39. The molecule has 2 heterocycles. The van der Waals surface area contributed by atoms with Crippen LogP contribution in [0.4, 0.5) is 5.13 Å². The van der Waals surface area contributed by atoms with E-state index in [9.17, 15) is 13.2 Å². The van der Waals surface area contributed by atoms with Gasteiger partial charge in [0.1, 0.15) is 10.7 Å². The quantitative estimate of drug-likeness (QED) is 0.439. The number of sulfonamides is 1. The number of anilines is 1. The molecule has 0 saturated carbocycles. The molecule has 0 aliphatic carbocycles. The number of nitrogens with zero attached hydrogens (tertiary/aromatic N) is 3. The molecule has 0 fully saturated rings. The SMILES string of the molecule is CC(C)N(C)S(=O)(=O)c1ccc(C(=O)Nc2nc(-c3nc4ccccc4s3)cs2)cc1. The van der Waals surface area contributed by atoms with Gasteiger partial charge in [-0.05, 0) is 50.2 Å². The second-order valence-electron chi connectivity index (χ2n) is 7.12. The normalized spacial score (nSPS) is 12.0. The van der Waals surface area contributed by atoms with Gasteiger partial charge in [0.2, 0.25) is 10.0 Å². The van der Waals surface area contributed by atoms with Crippen LogP contribution in [0.5, 0.6) is 0 Å². The third-order valence-corrected chi connectivity index (χ3v) is 8.62. The van der Waals surface area contributed by atoms with Gasteiger partial charge in [-0.1, -0.05) is 12.1 Å². The summed E-state index contributed by atoms with van der Waals surface area (Å²) in [5, 5.41) is 5.87. The van der Waals surface area contributed by atoms with Gasteiger partial charge < -0.3 is 0 Å². The molecule has 1 N–H and O–H groups in total. The van der Waals surface area contributed by atoms with Gasteiger partial charge in [0.05, 0.1) is 15.1 Å². The summed E-state index contributed by atoms with van der Waals surface area (Å²) in [5.41, 5.74) is 1.97. The molecule has 0 atom stereocenters. The lowest BCUT2D eigenvalue weighted by Gasteiger charge is -2.20. The number of rotatable bonds is 6. The Bertz CT molecular complexity index is 1310. The van der Waals surface area contributed by atoms with E-state index in [0.29, 0.717) is 16.4 Å². The zero-order valence-electron chi connectivity index (χ0n) is 17.1. The fraction of sp³-hybridized carbons (Fsp3) is 0.190. The van der Waals surface area contributed by atoms with Gasteiger partial charge in [0.15, 0.2) is 5.13 Å². The van der Waals surface area contributed by atoms with Crippen molar-refractivity contribution in [3.8, 4) is 10.7 Å². The van der Waals surface area contributed by atoms with E-state index in [1.165, 1.54) is 47.0 Å². The third kappa shape index (κ3) is 4.38. The number of para-hydroxylation sites is 1. The molecule has 0 unspecified atom stereocenters. The third-order valence-electron chi connectivity index (χ3n) is 4.76. The lowest BCUT2D eigenvalue weighted by atomic mass is 10.2. The Labute approximate surface area is 188 Å². The second kappa shape index (κ2) is 8.46. The van der Waals surface area contributed by atoms with E-state index in [2.05, 4.69) is 15.3 Å². The maximum atomic E-state index is 12.6. The van der Waals surface area contributed by atoms with Gasteiger partial charge in [-0.3, -0.25) is 10.1 Å². The highest BCUT2D eigenvalue weighted by molar-refractivity contribution is 7.89. The van der Waals surface area contributed by atoms with E-state index in [0.717, 1.165) is 15.2 Å². The van der Waals surface area contributed by atoms with E-state index in [4.69, 9.17) is 0 Å². The summed E-state index contributed by atoms with van der Waals surface area (Å²) in [4.78, 5) is 21.8. The van der Waals surface area contributed by atoms with Gasteiger partial charge in [-0.25, -0.2) is 18.4 Å². The van der Waals surface area contributed by atoms with Crippen LogP contribution in [0, 0.1) is 0 Å². The van der Waals surface area contributed by atoms with Crippen molar-refractivity contribution in [2.75, 3.05) is 12.4 Å². The smallest absolute Gasteiger partial charge is 0.257 e. The largest absolute Gasteiger partial charge is 0.298 e. The van der Waals surface area contributed by atoms with Crippen molar-refractivity contribution in [1.29, 1.82) is 0 Å². The molecule has 0 aliphatic heterocycles. The molecule has 7 nitrogen and oxygen atoms in total. The number of hydrogen-bond donors (Lipinski definition) is 1. The Hall–Kier alpha value is -2.66. The zero-order valence-corrected chi connectivity index (χ0v) is 19.5. The molecule has 4 rings (SSSR count). The summed E-state index contributed by atoms with van der Waals surface area (Å²) in [7, 11) is -2.06. The van der Waals surface area contributed by atoms with Crippen molar-refractivity contribution in [1.82, 2.24) is 14.3 Å². The van der Waals surface area contributed by atoms with E-state index in [1.807, 2.05) is 29.6 Å². The van der Waals surface area contributed by atoms with E-state index in [-0.39, 0.29) is 16.8 Å². The molecule has 31 heavy (non-hydrogen) atoms. The molecule has 160 valence electrons. The fourth-order valence-corrected chi connectivity index (χ4v) is 5.86. The minimum atomic E-state index is -3.59. The predicted octanol–water partition coefficient (Wildman–Crippen LogP) is 4.70. The summed E-state index contributed by atoms with van der Waals surface area (Å²) in [6.45, 7) is 3.60. The molecular formula is C21H20N4O3S3. The molecule has 4 aromatic rings. The Balaban J connectivity index is 1.49. The first-order valence-corrected chi connectivity index (χ1v) is 12.6. The number of carbonyl (C=O) groups excluding carboxylic acids is 1. The molecule has 0 spiro atoms. The minimum absolute atomic E-state index is 0.146. The minimum Gasteiger partial charge on any atom is -0.298 e. The van der Waals surface area contributed by atoms with Crippen LogP contribution in [0.2, 0.25) is 0 Å². The van der Waals surface area contributed by atoms with Crippen LogP contribution >= 0.6 is 22.7 Å². The molecule has 2 aromatic carbocycles. The van der Waals surface area contributed by atoms with Crippen molar-refractivity contribution in [2.24, 2.45) is 0 Å². The monoisotopic (exact) mass is 472 g/mol. The molecule has 0 saturated heterocycles. The van der Waals surface area contributed by atoms with Gasteiger partial charge >= 0.3 is 0 Å². The van der Waals surface area contributed by atoms with Crippen LogP contribution in [0.3, 0.4) is 0 Å². The predicted molar refractivity (Wildman–Crippen MR) is 125 cm³/mol. The molecule has 0 radical (unpaired) electrons. The fourth-order valence-electron chi connectivity index (χ4n) is 2.80. The Morgan fingerprint density at radius 3 is 2.45 bits per heavy atom. The molecule has 0 aliphatic rings. The molecule has 0 bridgehead atoms. The number of carbonyl (C=O) groups is 1. The van der Waals surface area contributed by atoms with Crippen molar-refractivity contribution >= 4 is 54.0 Å². The Kier molecular flexibility index (Phi) is 5.89. The number of aromatic nitrogens is 2.